The van der Waals surface area contributed by atoms with E-state index in [2.05, 4.69) is 20.1 Å². The van der Waals surface area contributed by atoms with Crippen LogP contribution < -0.4 is 10.1 Å². The quantitative estimate of drug-likeness (QED) is 0.670. The topological polar surface area (TPSA) is 89.3 Å². The molecule has 30 heavy (non-hydrogen) atoms. The van der Waals surface area contributed by atoms with Crippen molar-refractivity contribution < 1.29 is 27.8 Å². The van der Waals surface area contributed by atoms with Gasteiger partial charge < -0.3 is 15.2 Å². The lowest BCUT2D eigenvalue weighted by Gasteiger charge is -2.24. The van der Waals surface area contributed by atoms with E-state index in [1.807, 2.05) is 18.2 Å². The highest BCUT2D eigenvalue weighted by Crippen LogP contribution is 2.27. The summed E-state index contributed by atoms with van der Waals surface area (Å²) in [5.74, 6) is 0.177. The summed E-state index contributed by atoms with van der Waals surface area (Å²) in [6, 6.07) is 11.1. The molecule has 156 valence electrons. The van der Waals surface area contributed by atoms with Gasteiger partial charge in [0.25, 0.3) is 0 Å². The summed E-state index contributed by atoms with van der Waals surface area (Å²) in [7, 11) is 0. The minimum absolute atomic E-state index is 0.0949. The van der Waals surface area contributed by atoms with Crippen molar-refractivity contribution in [3.8, 4) is 22.8 Å². The van der Waals surface area contributed by atoms with E-state index in [1.54, 1.807) is 0 Å². The Hall–Kier alpha value is -3.56. The van der Waals surface area contributed by atoms with E-state index in [-0.39, 0.29) is 11.8 Å². The van der Waals surface area contributed by atoms with Gasteiger partial charge >= 0.3 is 12.5 Å². The van der Waals surface area contributed by atoms with Gasteiger partial charge in [0.05, 0.1) is 5.69 Å². The van der Waals surface area contributed by atoms with Gasteiger partial charge in [0.15, 0.2) is 5.82 Å². The van der Waals surface area contributed by atoms with Crippen LogP contribution in [0.1, 0.15) is 17.5 Å². The summed E-state index contributed by atoms with van der Waals surface area (Å²) in [5, 5.41) is 15.8. The number of nitrogens with zero attached hydrogens (tertiary/aromatic N) is 3. The van der Waals surface area contributed by atoms with Crippen LogP contribution in [0.3, 0.4) is 0 Å². The predicted molar refractivity (Wildman–Crippen MR) is 100 cm³/mol. The van der Waals surface area contributed by atoms with Crippen molar-refractivity contribution in [1.29, 1.82) is 0 Å². The monoisotopic (exact) mass is 418 g/mol. The molecule has 3 aromatic rings. The van der Waals surface area contributed by atoms with E-state index in [0.29, 0.717) is 17.9 Å². The molecule has 4 rings (SSSR count). The van der Waals surface area contributed by atoms with Gasteiger partial charge in [0.1, 0.15) is 12.1 Å². The number of benzene rings is 2. The number of aromatic nitrogens is 3. The Balaban J connectivity index is 1.50. The average molecular weight is 418 g/mol. The fourth-order valence-corrected chi connectivity index (χ4v) is 3.51. The zero-order chi connectivity index (χ0) is 21.3. The van der Waals surface area contributed by atoms with Crippen molar-refractivity contribution in [2.24, 2.45) is 0 Å². The lowest BCUT2D eigenvalue weighted by atomic mass is 9.87. The van der Waals surface area contributed by atoms with Gasteiger partial charge in [-0.2, -0.15) is 0 Å². The molecule has 0 saturated carbocycles. The van der Waals surface area contributed by atoms with Crippen LogP contribution in [0.4, 0.5) is 18.0 Å². The summed E-state index contributed by atoms with van der Waals surface area (Å²) in [4.78, 5) is 15.1. The van der Waals surface area contributed by atoms with Crippen LogP contribution in [-0.4, -0.2) is 38.4 Å². The van der Waals surface area contributed by atoms with Crippen molar-refractivity contribution in [2.45, 2.75) is 31.7 Å². The minimum Gasteiger partial charge on any atom is -0.465 e. The van der Waals surface area contributed by atoms with E-state index in [0.717, 1.165) is 29.5 Å². The molecule has 0 spiro atoms. The van der Waals surface area contributed by atoms with Crippen LogP contribution in [-0.2, 0) is 12.8 Å². The molecule has 1 aliphatic rings. The molecule has 1 atom stereocenters. The molecule has 7 nitrogen and oxygen atoms in total. The first kappa shape index (κ1) is 19.7. The molecule has 0 radical (unpaired) electrons. The van der Waals surface area contributed by atoms with Crippen molar-refractivity contribution in [2.75, 3.05) is 0 Å². The summed E-state index contributed by atoms with van der Waals surface area (Å²) in [6.45, 7) is 0. The molecule has 1 heterocycles. The number of carbonyl (C=O) groups is 1. The third-order valence-corrected chi connectivity index (χ3v) is 4.85. The number of nitrogens with one attached hydrogen (secondary N) is 1. The molecule has 10 heteroatoms. The van der Waals surface area contributed by atoms with Crippen molar-refractivity contribution in [3.05, 3.63) is 59.9 Å². The maximum Gasteiger partial charge on any atom is 0.573 e. The zero-order valence-corrected chi connectivity index (χ0v) is 15.6. The SMILES string of the molecule is O=C(O)NC1CCc2cc(-c3ncn(-c4ccc(OC(F)(F)F)cc4)n3)ccc2C1. The summed E-state index contributed by atoms with van der Waals surface area (Å²) < 4.78 is 42.2. The highest BCUT2D eigenvalue weighted by atomic mass is 19.4. The summed E-state index contributed by atoms with van der Waals surface area (Å²) >= 11 is 0. The second kappa shape index (κ2) is 7.69. The van der Waals surface area contributed by atoms with E-state index < -0.39 is 12.5 Å². The maximum absolute atomic E-state index is 12.3. The normalized spacial score (nSPS) is 16.0. The molecule has 2 aromatic carbocycles. The van der Waals surface area contributed by atoms with Crippen LogP contribution in [0.25, 0.3) is 17.1 Å². The lowest BCUT2D eigenvalue weighted by Crippen LogP contribution is -2.37. The minimum atomic E-state index is -4.74. The molecule has 2 N–H and O–H groups in total. The number of halogens is 3. The highest BCUT2D eigenvalue weighted by Gasteiger charge is 2.31. The van der Waals surface area contributed by atoms with Gasteiger partial charge in [-0.3, -0.25) is 0 Å². The number of hydrogen-bond acceptors (Lipinski definition) is 4. The van der Waals surface area contributed by atoms with E-state index in [1.165, 1.54) is 35.3 Å². The Bertz CT molecular complexity index is 1060. The second-order valence-electron chi connectivity index (χ2n) is 6.93. The van der Waals surface area contributed by atoms with Gasteiger partial charge in [-0.05, 0) is 60.7 Å². The fourth-order valence-electron chi connectivity index (χ4n) is 3.51. The number of aryl methyl sites for hydroxylation is 1. The average Bonchev–Trinajstić information content (AvgIpc) is 3.16. The molecule has 1 amide bonds. The zero-order valence-electron chi connectivity index (χ0n) is 15.6. The molecule has 0 aliphatic heterocycles. The first-order chi connectivity index (χ1) is 14.3. The molecular formula is C20H17F3N4O3. The number of hydrogen-bond donors (Lipinski definition) is 2. The van der Waals surface area contributed by atoms with Crippen molar-refractivity contribution >= 4 is 6.09 Å². The predicted octanol–water partition coefficient (Wildman–Crippen LogP) is 3.96. The Labute approximate surface area is 169 Å². The standard InChI is InChI=1S/C20H17F3N4O3/c21-20(22,23)30-17-7-5-16(6-8-17)27-11-24-18(26-27)14-2-1-13-10-15(25-19(28)29)4-3-12(13)9-14/h1-2,5-9,11,15,25H,3-4,10H2,(H,28,29). The third kappa shape index (κ3) is 4.53. The molecule has 0 fully saturated rings. The third-order valence-electron chi connectivity index (χ3n) is 4.85. The number of ether oxygens (including phenoxy) is 1. The first-order valence-electron chi connectivity index (χ1n) is 9.16. The van der Waals surface area contributed by atoms with Gasteiger partial charge in [-0.1, -0.05) is 12.1 Å². The molecule has 1 unspecified atom stereocenters. The summed E-state index contributed by atoms with van der Waals surface area (Å²) in [5.41, 5.74) is 3.57. The van der Waals surface area contributed by atoms with Gasteiger partial charge in [-0.15, -0.1) is 18.3 Å². The van der Waals surface area contributed by atoms with Crippen LogP contribution in [0, 0.1) is 0 Å². The van der Waals surface area contributed by atoms with Crippen LogP contribution in [0.2, 0.25) is 0 Å². The largest absolute Gasteiger partial charge is 0.573 e. The molecular weight excluding hydrogens is 401 g/mol. The van der Waals surface area contributed by atoms with Gasteiger partial charge in [-0.25, -0.2) is 14.5 Å². The van der Waals surface area contributed by atoms with Gasteiger partial charge in [0, 0.05) is 11.6 Å². The fraction of sp³-hybridized carbons (Fsp3) is 0.250. The first-order valence-corrected chi connectivity index (χ1v) is 9.16. The van der Waals surface area contributed by atoms with Crippen molar-refractivity contribution in [1.82, 2.24) is 20.1 Å². The van der Waals surface area contributed by atoms with E-state index >= 15 is 0 Å². The number of carboxylic acid groups (broad SMARTS) is 1. The molecule has 1 aliphatic carbocycles. The Morgan fingerprint density at radius 3 is 2.63 bits per heavy atom. The number of alkyl halides is 3. The Morgan fingerprint density at radius 2 is 1.93 bits per heavy atom. The number of rotatable bonds is 4. The van der Waals surface area contributed by atoms with Crippen LogP contribution in [0.5, 0.6) is 5.75 Å². The molecule has 0 saturated heterocycles. The Kier molecular flexibility index (Phi) is 5.06. The number of amides is 1. The smallest absolute Gasteiger partial charge is 0.465 e. The lowest BCUT2D eigenvalue weighted by molar-refractivity contribution is -0.274. The van der Waals surface area contributed by atoms with Gasteiger partial charge in [0.2, 0.25) is 0 Å². The Morgan fingerprint density at radius 1 is 1.17 bits per heavy atom. The van der Waals surface area contributed by atoms with E-state index in [9.17, 15) is 18.0 Å². The second-order valence-corrected chi connectivity index (χ2v) is 6.93. The van der Waals surface area contributed by atoms with E-state index in [4.69, 9.17) is 5.11 Å². The summed E-state index contributed by atoms with van der Waals surface area (Å²) in [6.07, 6.45) is -2.17. The molecule has 1 aromatic heterocycles. The van der Waals surface area contributed by atoms with Crippen LogP contribution >= 0.6 is 0 Å². The van der Waals surface area contributed by atoms with Crippen LogP contribution in [0.15, 0.2) is 48.8 Å². The maximum atomic E-state index is 12.3. The van der Waals surface area contributed by atoms with Crippen molar-refractivity contribution in [3.63, 3.8) is 0 Å². The highest BCUT2D eigenvalue weighted by molar-refractivity contribution is 5.65. The molecule has 0 bridgehead atoms. The number of fused-ring (bicyclic) bond motifs is 1.